The molecular weight excluding hydrogens is 346 g/mol. The number of carboxylic acid groups (broad SMARTS) is 1. The third-order valence-electron chi connectivity index (χ3n) is 6.24. The van der Waals surface area contributed by atoms with E-state index in [2.05, 4.69) is 15.1 Å². The number of hydrogen-bond acceptors (Lipinski definition) is 5. The van der Waals surface area contributed by atoms with Gasteiger partial charge in [-0.15, -0.1) is 0 Å². The lowest BCUT2D eigenvalue weighted by Crippen LogP contribution is -2.46. The van der Waals surface area contributed by atoms with Crippen molar-refractivity contribution in [3.63, 3.8) is 0 Å². The number of aromatic nitrogens is 4. The zero-order chi connectivity index (χ0) is 19.1. The van der Waals surface area contributed by atoms with Gasteiger partial charge in [0.1, 0.15) is 12.4 Å². The molecule has 0 radical (unpaired) electrons. The molecule has 3 heterocycles. The van der Waals surface area contributed by atoms with Crippen LogP contribution in [0.4, 0.5) is 0 Å². The Labute approximate surface area is 157 Å². The molecule has 2 aliphatic rings. The first-order chi connectivity index (χ1) is 13.0. The molecule has 8 nitrogen and oxygen atoms in total. The van der Waals surface area contributed by atoms with Crippen LogP contribution in [0.25, 0.3) is 5.78 Å². The summed E-state index contributed by atoms with van der Waals surface area (Å²) in [6, 6.07) is -0.589. The van der Waals surface area contributed by atoms with Crippen LogP contribution in [0.3, 0.4) is 0 Å². The van der Waals surface area contributed by atoms with Crippen LogP contribution in [0.5, 0.6) is 0 Å². The molecule has 1 aliphatic carbocycles. The Morgan fingerprint density at radius 1 is 1.26 bits per heavy atom. The topological polar surface area (TPSA) is 101 Å². The van der Waals surface area contributed by atoms with Crippen LogP contribution >= 0.6 is 0 Å². The Bertz CT molecular complexity index is 893. The number of rotatable bonds is 4. The molecule has 0 aromatic carbocycles. The number of fused-ring (bicyclic) bond motifs is 2. The van der Waals surface area contributed by atoms with E-state index >= 15 is 0 Å². The first kappa shape index (κ1) is 17.9. The van der Waals surface area contributed by atoms with Crippen LogP contribution < -0.4 is 0 Å². The fourth-order valence-electron chi connectivity index (χ4n) is 4.92. The molecule has 2 fully saturated rings. The van der Waals surface area contributed by atoms with Crippen molar-refractivity contribution in [3.8, 4) is 0 Å². The van der Waals surface area contributed by atoms with E-state index in [9.17, 15) is 14.7 Å². The maximum absolute atomic E-state index is 13.0. The smallest absolute Gasteiger partial charge is 0.326 e. The predicted molar refractivity (Wildman–Crippen MR) is 97.2 cm³/mol. The van der Waals surface area contributed by atoms with Gasteiger partial charge in [0, 0.05) is 23.9 Å². The zero-order valence-electron chi connectivity index (χ0n) is 15.8. The molecule has 1 amide bonds. The van der Waals surface area contributed by atoms with Crippen molar-refractivity contribution in [2.24, 2.45) is 5.92 Å². The van der Waals surface area contributed by atoms with E-state index in [-0.39, 0.29) is 18.4 Å². The molecular formula is C19H25N5O3. The number of hydrogen-bond donors (Lipinski definition) is 1. The van der Waals surface area contributed by atoms with Crippen molar-refractivity contribution < 1.29 is 14.7 Å². The Balaban J connectivity index is 1.54. The zero-order valence-corrected chi connectivity index (χ0v) is 15.8. The van der Waals surface area contributed by atoms with E-state index in [1.165, 1.54) is 6.33 Å². The molecule has 1 saturated carbocycles. The van der Waals surface area contributed by atoms with E-state index in [0.717, 1.165) is 42.6 Å². The second-order valence-corrected chi connectivity index (χ2v) is 7.74. The maximum atomic E-state index is 13.0. The van der Waals surface area contributed by atoms with Gasteiger partial charge in [-0.3, -0.25) is 4.79 Å². The minimum Gasteiger partial charge on any atom is -0.480 e. The summed E-state index contributed by atoms with van der Waals surface area (Å²) in [4.78, 5) is 35.0. The Morgan fingerprint density at radius 2 is 2.04 bits per heavy atom. The van der Waals surface area contributed by atoms with E-state index < -0.39 is 12.0 Å². The molecule has 3 atom stereocenters. The lowest BCUT2D eigenvalue weighted by Gasteiger charge is -2.33. The molecule has 2 aromatic rings. The molecule has 0 bridgehead atoms. The summed E-state index contributed by atoms with van der Waals surface area (Å²) in [7, 11) is 0. The lowest BCUT2D eigenvalue weighted by molar-refractivity contribution is -0.149. The van der Waals surface area contributed by atoms with Gasteiger partial charge >= 0.3 is 5.97 Å². The minimum absolute atomic E-state index is 0.0608. The fraction of sp³-hybridized carbons (Fsp3) is 0.632. The lowest BCUT2D eigenvalue weighted by atomic mass is 9.84. The molecule has 1 saturated heterocycles. The van der Waals surface area contributed by atoms with Crippen LogP contribution in [-0.2, 0) is 16.0 Å². The average Bonchev–Trinajstić information content (AvgIpc) is 3.25. The van der Waals surface area contributed by atoms with Crippen molar-refractivity contribution in [2.45, 2.75) is 70.9 Å². The molecule has 1 aliphatic heterocycles. The molecule has 0 spiro atoms. The van der Waals surface area contributed by atoms with Gasteiger partial charge in [0.25, 0.3) is 5.78 Å². The minimum atomic E-state index is -0.879. The van der Waals surface area contributed by atoms with Gasteiger partial charge in [0.05, 0.1) is 0 Å². The summed E-state index contributed by atoms with van der Waals surface area (Å²) in [5.74, 6) is -0.0545. The second kappa shape index (κ2) is 6.90. The summed E-state index contributed by atoms with van der Waals surface area (Å²) >= 11 is 0. The Kier molecular flexibility index (Phi) is 4.57. The molecule has 1 N–H and O–H groups in total. The normalized spacial score (nSPS) is 25.0. The fourth-order valence-corrected chi connectivity index (χ4v) is 4.92. The van der Waals surface area contributed by atoms with Gasteiger partial charge in [0.2, 0.25) is 5.91 Å². The number of aliphatic carboxylic acids is 1. The van der Waals surface area contributed by atoms with Crippen LogP contribution in [0.1, 0.15) is 55.5 Å². The summed E-state index contributed by atoms with van der Waals surface area (Å²) in [5, 5.41) is 13.8. The Hall–Kier alpha value is -2.51. The highest BCUT2D eigenvalue weighted by atomic mass is 16.4. The van der Waals surface area contributed by atoms with E-state index in [1.54, 1.807) is 9.42 Å². The highest BCUT2D eigenvalue weighted by molar-refractivity contribution is 5.85. The third kappa shape index (κ3) is 3.07. The number of aryl methyl sites for hydroxylation is 2. The van der Waals surface area contributed by atoms with Crippen molar-refractivity contribution in [1.29, 1.82) is 0 Å². The average molecular weight is 371 g/mol. The standard InChI is InChI=1S/C19H25N5O3/c1-11-14(12(2)24-19(22-11)20-10-21-24)7-8-17(25)23-15-6-4-3-5-13(15)9-16(23)18(26)27/h10,13,15-16H,3-9H2,1-2H3,(H,26,27)/t13-,15+,16-/m0/s1. The SMILES string of the molecule is Cc1nc2ncnn2c(C)c1CCC(=O)N1[C@@H]2CCCC[C@H]2C[C@H]1C(=O)O. The molecule has 8 heteroatoms. The summed E-state index contributed by atoms with van der Waals surface area (Å²) in [6.07, 6.45) is 7.04. The van der Waals surface area contributed by atoms with Crippen LogP contribution in [0.2, 0.25) is 0 Å². The number of amides is 1. The number of carbonyl (C=O) groups excluding carboxylic acids is 1. The summed E-state index contributed by atoms with van der Waals surface area (Å²) in [5.41, 5.74) is 2.75. The predicted octanol–water partition coefficient (Wildman–Crippen LogP) is 1.92. The first-order valence-electron chi connectivity index (χ1n) is 9.67. The quantitative estimate of drug-likeness (QED) is 0.881. The highest BCUT2D eigenvalue weighted by Gasteiger charge is 2.47. The molecule has 144 valence electrons. The number of carboxylic acids is 1. The van der Waals surface area contributed by atoms with Gasteiger partial charge in [-0.05, 0) is 51.0 Å². The van der Waals surface area contributed by atoms with Gasteiger partial charge in [0.15, 0.2) is 0 Å². The third-order valence-corrected chi connectivity index (χ3v) is 6.24. The van der Waals surface area contributed by atoms with Crippen LogP contribution in [0.15, 0.2) is 6.33 Å². The van der Waals surface area contributed by atoms with Gasteiger partial charge in [-0.2, -0.15) is 10.1 Å². The molecule has 0 unspecified atom stereocenters. The molecule has 4 rings (SSSR count). The van der Waals surface area contributed by atoms with Crippen molar-refractivity contribution in [3.05, 3.63) is 23.3 Å². The van der Waals surface area contributed by atoms with Gasteiger partial charge in [-0.1, -0.05) is 12.8 Å². The summed E-state index contributed by atoms with van der Waals surface area (Å²) < 4.78 is 1.68. The molecule has 2 aromatic heterocycles. The van der Waals surface area contributed by atoms with E-state index in [1.807, 2.05) is 13.8 Å². The highest BCUT2D eigenvalue weighted by Crippen LogP contribution is 2.40. The van der Waals surface area contributed by atoms with Crippen LogP contribution in [0, 0.1) is 19.8 Å². The number of carbonyl (C=O) groups is 2. The number of nitrogens with zero attached hydrogens (tertiary/aromatic N) is 5. The van der Waals surface area contributed by atoms with Crippen molar-refractivity contribution in [1.82, 2.24) is 24.5 Å². The van der Waals surface area contributed by atoms with Crippen molar-refractivity contribution in [2.75, 3.05) is 0 Å². The van der Waals surface area contributed by atoms with Crippen molar-refractivity contribution >= 4 is 17.7 Å². The largest absolute Gasteiger partial charge is 0.480 e. The maximum Gasteiger partial charge on any atom is 0.326 e. The van der Waals surface area contributed by atoms with E-state index in [0.29, 0.717) is 24.5 Å². The molecule has 27 heavy (non-hydrogen) atoms. The second-order valence-electron chi connectivity index (χ2n) is 7.74. The Morgan fingerprint density at radius 3 is 2.81 bits per heavy atom. The monoisotopic (exact) mass is 371 g/mol. The van der Waals surface area contributed by atoms with Gasteiger partial charge in [-0.25, -0.2) is 14.3 Å². The number of likely N-dealkylation sites (tertiary alicyclic amines) is 1. The van der Waals surface area contributed by atoms with E-state index in [4.69, 9.17) is 0 Å². The first-order valence-corrected chi connectivity index (χ1v) is 9.67. The van der Waals surface area contributed by atoms with Crippen LogP contribution in [-0.4, -0.2) is 53.5 Å². The summed E-state index contributed by atoms with van der Waals surface area (Å²) in [6.45, 7) is 3.86. The van der Waals surface area contributed by atoms with Gasteiger partial charge < -0.3 is 10.0 Å².